The second-order valence-electron chi connectivity index (χ2n) is 5.44. The second kappa shape index (κ2) is 10.9. The fraction of sp³-hybridized carbons (Fsp3) is 0.667. The van der Waals surface area contributed by atoms with E-state index in [1.54, 1.807) is 0 Å². The summed E-state index contributed by atoms with van der Waals surface area (Å²) in [6, 6.07) is 0.452. The lowest BCUT2D eigenvalue weighted by Gasteiger charge is -2.17. The molecule has 0 fully saturated rings. The molecule has 0 saturated carbocycles. The Morgan fingerprint density at radius 1 is 1.39 bits per heavy atom. The molecule has 2 rings (SSSR count). The molecular formula is C15H27IN6S. The maximum absolute atomic E-state index is 4.67. The van der Waals surface area contributed by atoms with Crippen LogP contribution in [0.4, 0.5) is 0 Å². The first-order valence-electron chi connectivity index (χ1n) is 7.74. The van der Waals surface area contributed by atoms with Crippen LogP contribution in [-0.4, -0.2) is 45.3 Å². The SMILES string of the molecule is CSCCCNC(=NCc1nnc(C)n1C)NC1CC=CC1.I. The first-order valence-corrected chi connectivity index (χ1v) is 9.13. The van der Waals surface area contributed by atoms with Crippen molar-refractivity contribution in [2.24, 2.45) is 12.0 Å². The molecule has 1 aromatic heterocycles. The lowest BCUT2D eigenvalue weighted by Crippen LogP contribution is -2.43. The van der Waals surface area contributed by atoms with E-state index in [9.17, 15) is 0 Å². The molecule has 0 bridgehead atoms. The monoisotopic (exact) mass is 450 g/mol. The number of guanidine groups is 1. The van der Waals surface area contributed by atoms with Gasteiger partial charge in [-0.3, -0.25) is 0 Å². The van der Waals surface area contributed by atoms with Crippen molar-refractivity contribution in [1.82, 2.24) is 25.4 Å². The van der Waals surface area contributed by atoms with E-state index in [-0.39, 0.29) is 24.0 Å². The van der Waals surface area contributed by atoms with Gasteiger partial charge in [0.05, 0.1) is 0 Å². The lowest BCUT2D eigenvalue weighted by atomic mass is 10.2. The molecule has 0 saturated heterocycles. The van der Waals surface area contributed by atoms with Gasteiger partial charge in [0, 0.05) is 19.6 Å². The summed E-state index contributed by atoms with van der Waals surface area (Å²) in [4.78, 5) is 4.67. The smallest absolute Gasteiger partial charge is 0.191 e. The Kier molecular flexibility index (Phi) is 9.61. The molecule has 0 radical (unpaired) electrons. The van der Waals surface area contributed by atoms with Gasteiger partial charge in [0.15, 0.2) is 11.8 Å². The Hall–Kier alpha value is -0.770. The number of aliphatic imine (C=N–C) groups is 1. The molecule has 0 spiro atoms. The van der Waals surface area contributed by atoms with Crippen LogP contribution in [0.25, 0.3) is 0 Å². The fourth-order valence-corrected chi connectivity index (χ4v) is 2.68. The number of aryl methyl sites for hydroxylation is 1. The van der Waals surface area contributed by atoms with Gasteiger partial charge in [-0.25, -0.2) is 4.99 Å². The molecule has 0 aromatic carbocycles. The highest BCUT2D eigenvalue weighted by atomic mass is 127. The summed E-state index contributed by atoms with van der Waals surface area (Å²) in [6.45, 7) is 3.42. The molecule has 1 heterocycles. The van der Waals surface area contributed by atoms with Crippen molar-refractivity contribution >= 4 is 41.7 Å². The van der Waals surface area contributed by atoms with Crippen LogP contribution in [0.1, 0.15) is 30.9 Å². The number of hydrogen-bond acceptors (Lipinski definition) is 4. The normalized spacial score (nSPS) is 14.8. The summed E-state index contributed by atoms with van der Waals surface area (Å²) in [5.74, 6) is 3.82. The van der Waals surface area contributed by atoms with Gasteiger partial charge in [0.1, 0.15) is 12.4 Å². The molecule has 1 aliphatic carbocycles. The van der Waals surface area contributed by atoms with E-state index in [2.05, 4.69) is 44.2 Å². The largest absolute Gasteiger partial charge is 0.356 e. The third-order valence-corrected chi connectivity index (χ3v) is 4.42. The van der Waals surface area contributed by atoms with Crippen molar-refractivity contribution in [2.45, 2.75) is 38.8 Å². The van der Waals surface area contributed by atoms with E-state index in [1.807, 2.05) is 30.3 Å². The van der Waals surface area contributed by atoms with Gasteiger partial charge < -0.3 is 15.2 Å². The van der Waals surface area contributed by atoms with Crippen LogP contribution in [0, 0.1) is 6.92 Å². The molecular weight excluding hydrogens is 423 g/mol. The highest BCUT2D eigenvalue weighted by Crippen LogP contribution is 2.09. The standard InChI is InChI=1S/C15H26N6S.HI/c1-12-19-20-14(21(12)2)11-17-15(16-9-6-10-22-3)18-13-7-4-5-8-13;/h4-5,13H,6-11H2,1-3H3,(H2,16,17,18);1H. The highest BCUT2D eigenvalue weighted by molar-refractivity contribution is 14.0. The van der Waals surface area contributed by atoms with Crippen LogP contribution < -0.4 is 10.6 Å². The Morgan fingerprint density at radius 3 is 2.74 bits per heavy atom. The molecule has 130 valence electrons. The topological polar surface area (TPSA) is 67.1 Å². The predicted molar refractivity (Wildman–Crippen MR) is 109 cm³/mol. The maximum Gasteiger partial charge on any atom is 0.191 e. The number of nitrogens with one attached hydrogen (secondary N) is 2. The van der Waals surface area contributed by atoms with Crippen LogP contribution in [0.3, 0.4) is 0 Å². The van der Waals surface area contributed by atoms with Crippen molar-refractivity contribution in [1.29, 1.82) is 0 Å². The van der Waals surface area contributed by atoms with E-state index >= 15 is 0 Å². The average molecular weight is 450 g/mol. The average Bonchev–Trinajstić information content (AvgIpc) is 3.13. The van der Waals surface area contributed by atoms with Crippen molar-refractivity contribution in [3.63, 3.8) is 0 Å². The van der Waals surface area contributed by atoms with E-state index in [0.29, 0.717) is 12.6 Å². The predicted octanol–water partition coefficient (Wildman–Crippen LogP) is 2.25. The summed E-state index contributed by atoms with van der Waals surface area (Å²) < 4.78 is 1.98. The molecule has 23 heavy (non-hydrogen) atoms. The van der Waals surface area contributed by atoms with Crippen LogP contribution in [0.5, 0.6) is 0 Å². The van der Waals surface area contributed by atoms with Crippen molar-refractivity contribution in [3.8, 4) is 0 Å². The number of rotatable bonds is 7. The summed E-state index contributed by atoms with van der Waals surface area (Å²) in [7, 11) is 1.97. The Morgan fingerprint density at radius 2 is 2.13 bits per heavy atom. The highest BCUT2D eigenvalue weighted by Gasteiger charge is 2.12. The van der Waals surface area contributed by atoms with Gasteiger partial charge in [-0.2, -0.15) is 11.8 Å². The molecule has 6 nitrogen and oxygen atoms in total. The Balaban J connectivity index is 0.00000264. The zero-order chi connectivity index (χ0) is 15.8. The lowest BCUT2D eigenvalue weighted by molar-refractivity contribution is 0.627. The van der Waals surface area contributed by atoms with E-state index < -0.39 is 0 Å². The van der Waals surface area contributed by atoms with E-state index in [0.717, 1.165) is 49.2 Å². The molecule has 0 unspecified atom stereocenters. The molecule has 0 atom stereocenters. The Labute approximate surface area is 160 Å². The summed E-state index contributed by atoms with van der Waals surface area (Å²) in [6.07, 6.45) is 9.83. The summed E-state index contributed by atoms with van der Waals surface area (Å²) in [5.41, 5.74) is 0. The van der Waals surface area contributed by atoms with Crippen LogP contribution in [0.15, 0.2) is 17.1 Å². The third-order valence-electron chi connectivity index (χ3n) is 3.73. The minimum absolute atomic E-state index is 0. The van der Waals surface area contributed by atoms with E-state index in [1.165, 1.54) is 0 Å². The summed E-state index contributed by atoms with van der Waals surface area (Å²) >= 11 is 1.87. The number of nitrogens with zero attached hydrogens (tertiary/aromatic N) is 4. The molecule has 0 amide bonds. The zero-order valence-corrected chi connectivity index (χ0v) is 17.2. The van der Waals surface area contributed by atoms with Crippen molar-refractivity contribution < 1.29 is 0 Å². The van der Waals surface area contributed by atoms with Gasteiger partial charge in [-0.15, -0.1) is 34.2 Å². The minimum Gasteiger partial charge on any atom is -0.356 e. The van der Waals surface area contributed by atoms with Gasteiger partial charge in [-0.05, 0) is 38.2 Å². The first kappa shape index (κ1) is 20.3. The van der Waals surface area contributed by atoms with Gasteiger partial charge in [0.2, 0.25) is 0 Å². The quantitative estimate of drug-likeness (QED) is 0.219. The summed E-state index contributed by atoms with van der Waals surface area (Å²) in [5, 5.41) is 15.2. The first-order chi connectivity index (χ1) is 10.7. The number of thioether (sulfide) groups is 1. The minimum atomic E-state index is 0. The maximum atomic E-state index is 4.67. The van der Waals surface area contributed by atoms with Crippen LogP contribution in [-0.2, 0) is 13.6 Å². The number of aromatic nitrogens is 3. The third kappa shape index (κ3) is 6.70. The van der Waals surface area contributed by atoms with Crippen LogP contribution in [0.2, 0.25) is 0 Å². The second-order valence-corrected chi connectivity index (χ2v) is 6.43. The van der Waals surface area contributed by atoms with Gasteiger partial charge in [-0.1, -0.05) is 12.2 Å². The zero-order valence-electron chi connectivity index (χ0n) is 14.1. The number of halogens is 1. The van der Waals surface area contributed by atoms with Crippen LogP contribution >= 0.6 is 35.7 Å². The van der Waals surface area contributed by atoms with Crippen molar-refractivity contribution in [2.75, 3.05) is 18.6 Å². The molecule has 0 aliphatic heterocycles. The van der Waals surface area contributed by atoms with Gasteiger partial charge in [0.25, 0.3) is 0 Å². The molecule has 8 heteroatoms. The molecule has 2 N–H and O–H groups in total. The Bertz CT molecular complexity index is 520. The number of hydrogen-bond donors (Lipinski definition) is 2. The molecule has 1 aliphatic rings. The van der Waals surface area contributed by atoms with Crippen molar-refractivity contribution in [3.05, 3.63) is 23.8 Å². The van der Waals surface area contributed by atoms with E-state index in [4.69, 9.17) is 0 Å². The molecule has 1 aromatic rings. The fourth-order valence-electron chi connectivity index (χ4n) is 2.24. The van der Waals surface area contributed by atoms with Gasteiger partial charge >= 0.3 is 0 Å².